The van der Waals surface area contributed by atoms with Crippen LogP contribution in [0.25, 0.3) is 0 Å². The van der Waals surface area contributed by atoms with Gasteiger partial charge in [-0.3, -0.25) is 4.79 Å². The first kappa shape index (κ1) is 18.2. The number of allylic oxidation sites excluding steroid dienone is 7. The number of hydrogen-bond acceptors (Lipinski definition) is 1. The lowest BCUT2D eigenvalue weighted by Crippen LogP contribution is -1.91. The molecule has 0 saturated heterocycles. The van der Waals surface area contributed by atoms with Crippen molar-refractivity contribution < 1.29 is 9.90 Å². The lowest BCUT2D eigenvalue weighted by atomic mass is 10.2. The summed E-state index contributed by atoms with van der Waals surface area (Å²) in [5.41, 5.74) is 2.98. The van der Waals surface area contributed by atoms with Crippen LogP contribution < -0.4 is 0 Å². The van der Waals surface area contributed by atoms with Crippen molar-refractivity contribution in [2.45, 2.75) is 51.9 Å². The number of carbonyl (C=O) groups is 1. The first-order valence-electron chi connectivity index (χ1n) is 7.33. The van der Waals surface area contributed by atoms with Crippen molar-refractivity contribution in [2.75, 3.05) is 0 Å². The second-order valence-electron chi connectivity index (χ2n) is 4.42. The molecule has 20 heavy (non-hydrogen) atoms. The van der Waals surface area contributed by atoms with Gasteiger partial charge in [0.15, 0.2) is 0 Å². The van der Waals surface area contributed by atoms with E-state index in [1.165, 1.54) is 12.8 Å². The Morgan fingerprint density at radius 3 is 2.10 bits per heavy atom. The summed E-state index contributed by atoms with van der Waals surface area (Å²) < 4.78 is 0. The summed E-state index contributed by atoms with van der Waals surface area (Å²) in [6.07, 6.45) is 22.6. The zero-order valence-corrected chi connectivity index (χ0v) is 12.4. The molecule has 0 aromatic carbocycles. The molecule has 0 rings (SSSR count). The van der Waals surface area contributed by atoms with Crippen molar-refractivity contribution in [1.82, 2.24) is 0 Å². The molecule has 2 heteroatoms. The van der Waals surface area contributed by atoms with Gasteiger partial charge >= 0.3 is 5.97 Å². The highest BCUT2D eigenvalue weighted by molar-refractivity contribution is 5.66. The van der Waals surface area contributed by atoms with E-state index in [0.29, 0.717) is 6.42 Å². The second kappa shape index (κ2) is 15.3. The van der Waals surface area contributed by atoms with Crippen LogP contribution in [0.4, 0.5) is 0 Å². The van der Waals surface area contributed by atoms with Crippen molar-refractivity contribution in [3.05, 3.63) is 54.3 Å². The maximum atomic E-state index is 10.3. The number of carboxylic acids is 1. The Labute approximate surface area is 122 Å². The van der Waals surface area contributed by atoms with Gasteiger partial charge in [0.05, 0.1) is 0 Å². The molecule has 0 aromatic rings. The van der Waals surface area contributed by atoms with Crippen molar-refractivity contribution in [3.8, 4) is 0 Å². The highest BCUT2D eigenvalue weighted by atomic mass is 16.4. The Bertz CT molecular complexity index is 380. The van der Waals surface area contributed by atoms with Gasteiger partial charge in [0, 0.05) is 6.42 Å². The monoisotopic (exact) mass is 274 g/mol. The van der Waals surface area contributed by atoms with Crippen molar-refractivity contribution in [2.24, 2.45) is 0 Å². The van der Waals surface area contributed by atoms with E-state index in [1.807, 2.05) is 6.08 Å². The summed E-state index contributed by atoms with van der Waals surface area (Å²) in [7, 11) is 0. The molecule has 0 unspecified atom stereocenters. The minimum absolute atomic E-state index is 0.175. The van der Waals surface area contributed by atoms with Gasteiger partial charge in [0.25, 0.3) is 0 Å². The van der Waals surface area contributed by atoms with Gasteiger partial charge in [0.1, 0.15) is 0 Å². The average Bonchev–Trinajstić information content (AvgIpc) is 2.43. The zero-order valence-electron chi connectivity index (χ0n) is 12.4. The highest BCUT2D eigenvalue weighted by Gasteiger charge is 1.90. The van der Waals surface area contributed by atoms with E-state index in [0.717, 1.165) is 19.3 Å². The first-order chi connectivity index (χ1) is 9.77. The Kier molecular flexibility index (Phi) is 13.9. The van der Waals surface area contributed by atoms with Gasteiger partial charge in [-0.05, 0) is 44.3 Å². The summed E-state index contributed by atoms with van der Waals surface area (Å²) in [5, 5.41) is 8.44. The van der Waals surface area contributed by atoms with Gasteiger partial charge in [-0.15, -0.1) is 5.73 Å². The fourth-order valence-electron chi connectivity index (χ4n) is 1.42. The topological polar surface area (TPSA) is 37.3 Å². The van der Waals surface area contributed by atoms with Crippen LogP contribution in [0.2, 0.25) is 0 Å². The maximum Gasteiger partial charge on any atom is 0.303 e. The number of carboxylic acid groups (broad SMARTS) is 1. The molecule has 0 fully saturated rings. The first-order valence-corrected chi connectivity index (χ1v) is 7.33. The molecule has 0 aromatic heterocycles. The Morgan fingerprint density at radius 1 is 0.900 bits per heavy atom. The standard InChI is InChI=1S/C18H26O2/c1-2-3-4-5-6-7-8-9-10-11-12-13-14-15-16-17-18(19)20/h4-5,7-8,10-11,13,15H,2-3,6,9,12,16-17H2,1H3,(H,19,20)/b5-4-,8-7-,11-10-. The Morgan fingerprint density at radius 2 is 1.50 bits per heavy atom. The summed E-state index contributed by atoms with van der Waals surface area (Å²) in [6.45, 7) is 2.18. The molecule has 2 nitrogen and oxygen atoms in total. The summed E-state index contributed by atoms with van der Waals surface area (Å²) in [6, 6.07) is 0. The van der Waals surface area contributed by atoms with Gasteiger partial charge in [-0.1, -0.05) is 49.8 Å². The lowest BCUT2D eigenvalue weighted by Gasteiger charge is -1.85. The quantitative estimate of drug-likeness (QED) is 0.415. The smallest absolute Gasteiger partial charge is 0.303 e. The molecular formula is C18H26O2. The fourth-order valence-corrected chi connectivity index (χ4v) is 1.42. The minimum Gasteiger partial charge on any atom is -0.481 e. The zero-order chi connectivity index (χ0) is 14.9. The minimum atomic E-state index is -0.765. The predicted molar refractivity (Wildman–Crippen MR) is 85.7 cm³/mol. The van der Waals surface area contributed by atoms with Crippen molar-refractivity contribution in [1.29, 1.82) is 0 Å². The SMILES string of the molecule is CCC/C=C\C/C=C\C/C=C\CC=C=CCCC(=O)O. The van der Waals surface area contributed by atoms with Gasteiger partial charge in [-0.2, -0.15) is 0 Å². The molecule has 0 aliphatic rings. The third-order valence-corrected chi connectivity index (χ3v) is 2.49. The molecule has 1 N–H and O–H groups in total. The molecule has 0 saturated carbocycles. The van der Waals surface area contributed by atoms with Gasteiger partial charge in [0.2, 0.25) is 0 Å². The lowest BCUT2D eigenvalue weighted by molar-refractivity contribution is -0.136. The van der Waals surface area contributed by atoms with Crippen LogP contribution >= 0.6 is 0 Å². The summed E-state index contributed by atoms with van der Waals surface area (Å²) in [5.74, 6) is -0.765. The number of unbranched alkanes of at least 4 members (excludes halogenated alkanes) is 1. The third kappa shape index (κ3) is 16.2. The molecular weight excluding hydrogens is 248 g/mol. The van der Waals surface area contributed by atoms with E-state index >= 15 is 0 Å². The van der Waals surface area contributed by atoms with Crippen LogP contribution in [-0.4, -0.2) is 11.1 Å². The van der Waals surface area contributed by atoms with E-state index in [-0.39, 0.29) is 6.42 Å². The van der Waals surface area contributed by atoms with Crippen molar-refractivity contribution in [3.63, 3.8) is 0 Å². The molecule has 0 heterocycles. The van der Waals surface area contributed by atoms with Crippen molar-refractivity contribution >= 4 is 5.97 Å². The molecule has 0 bridgehead atoms. The largest absolute Gasteiger partial charge is 0.481 e. The van der Waals surface area contributed by atoms with E-state index in [4.69, 9.17) is 5.11 Å². The van der Waals surface area contributed by atoms with Gasteiger partial charge in [-0.25, -0.2) is 0 Å². The highest BCUT2D eigenvalue weighted by Crippen LogP contribution is 1.95. The fraction of sp³-hybridized carbons (Fsp3) is 0.444. The Balaban J connectivity index is 3.54. The normalized spacial score (nSPS) is 11.2. The van der Waals surface area contributed by atoms with E-state index in [9.17, 15) is 4.79 Å². The summed E-state index contributed by atoms with van der Waals surface area (Å²) >= 11 is 0. The molecule has 0 atom stereocenters. The second-order valence-corrected chi connectivity index (χ2v) is 4.42. The van der Waals surface area contributed by atoms with Crippen LogP contribution in [0.3, 0.4) is 0 Å². The molecule has 0 spiro atoms. The van der Waals surface area contributed by atoms with Crippen LogP contribution in [0.5, 0.6) is 0 Å². The number of aliphatic carboxylic acids is 1. The molecule has 0 aliphatic heterocycles. The molecule has 0 amide bonds. The number of rotatable bonds is 11. The van der Waals surface area contributed by atoms with Crippen LogP contribution in [0.1, 0.15) is 51.9 Å². The molecule has 110 valence electrons. The molecule has 0 aliphatic carbocycles. The maximum absolute atomic E-state index is 10.3. The van der Waals surface area contributed by atoms with Crippen LogP contribution in [0, 0.1) is 0 Å². The van der Waals surface area contributed by atoms with Crippen LogP contribution in [-0.2, 0) is 4.79 Å². The predicted octanol–water partition coefficient (Wildman–Crippen LogP) is 5.20. The third-order valence-electron chi connectivity index (χ3n) is 2.49. The number of hydrogen-bond donors (Lipinski definition) is 1. The van der Waals surface area contributed by atoms with Gasteiger partial charge < -0.3 is 5.11 Å². The average molecular weight is 274 g/mol. The molecule has 0 radical (unpaired) electrons. The summed E-state index contributed by atoms with van der Waals surface area (Å²) in [4.78, 5) is 10.3. The Hall–Kier alpha value is -1.79. The van der Waals surface area contributed by atoms with E-state index < -0.39 is 5.97 Å². The van der Waals surface area contributed by atoms with E-state index in [2.05, 4.69) is 49.1 Å². The van der Waals surface area contributed by atoms with E-state index in [1.54, 1.807) is 6.08 Å². The van der Waals surface area contributed by atoms with Crippen LogP contribution in [0.15, 0.2) is 54.3 Å².